The first-order valence-electron chi connectivity index (χ1n) is 7.35. The molecule has 3 heteroatoms. The molecule has 1 atom stereocenters. The van der Waals surface area contributed by atoms with Crippen LogP contribution in [0.4, 0.5) is 0 Å². The van der Waals surface area contributed by atoms with Gasteiger partial charge in [-0.25, -0.2) is 4.98 Å². The molecule has 1 aromatic carbocycles. The number of hydrogen-bond donors (Lipinski definition) is 1. The van der Waals surface area contributed by atoms with E-state index in [-0.39, 0.29) is 11.6 Å². The highest BCUT2D eigenvalue weighted by molar-refractivity contribution is 5.21. The van der Waals surface area contributed by atoms with Gasteiger partial charge in [0.1, 0.15) is 6.10 Å². The molecule has 0 fully saturated rings. The Labute approximate surface area is 127 Å². The first-order chi connectivity index (χ1) is 9.94. The van der Waals surface area contributed by atoms with Gasteiger partial charge in [-0.1, -0.05) is 36.4 Å². The molecule has 1 N–H and O–H groups in total. The largest absolute Gasteiger partial charge is 0.470 e. The molecule has 1 aromatic heterocycles. The molecule has 0 bridgehead atoms. The fourth-order valence-corrected chi connectivity index (χ4v) is 1.93. The fraction of sp³-hybridized carbons (Fsp3) is 0.389. The van der Waals surface area contributed by atoms with Gasteiger partial charge in [0.25, 0.3) is 0 Å². The van der Waals surface area contributed by atoms with Crippen LogP contribution in [-0.2, 0) is 6.54 Å². The Kier molecular flexibility index (Phi) is 4.97. The number of pyridine rings is 1. The summed E-state index contributed by atoms with van der Waals surface area (Å²) in [4.78, 5) is 4.38. The molecule has 0 spiro atoms. The second kappa shape index (κ2) is 6.72. The van der Waals surface area contributed by atoms with Crippen LogP contribution >= 0.6 is 0 Å². The molecule has 2 aromatic rings. The van der Waals surface area contributed by atoms with Crippen LogP contribution in [0.15, 0.2) is 48.7 Å². The third-order valence-corrected chi connectivity index (χ3v) is 3.19. The van der Waals surface area contributed by atoms with Crippen LogP contribution in [0.3, 0.4) is 0 Å². The van der Waals surface area contributed by atoms with Gasteiger partial charge in [0.15, 0.2) is 0 Å². The summed E-state index contributed by atoms with van der Waals surface area (Å²) in [7, 11) is 0. The van der Waals surface area contributed by atoms with Gasteiger partial charge in [0.05, 0.1) is 0 Å². The van der Waals surface area contributed by atoms with Gasteiger partial charge in [-0.2, -0.15) is 0 Å². The van der Waals surface area contributed by atoms with Crippen molar-refractivity contribution in [2.45, 2.75) is 45.9 Å². The molecule has 0 radical (unpaired) electrons. The summed E-state index contributed by atoms with van der Waals surface area (Å²) in [5, 5.41) is 3.44. The lowest BCUT2D eigenvalue weighted by molar-refractivity contribution is 0.217. The van der Waals surface area contributed by atoms with E-state index in [0.29, 0.717) is 5.88 Å². The smallest absolute Gasteiger partial charge is 0.213 e. The second-order valence-electron chi connectivity index (χ2n) is 6.28. The molecule has 112 valence electrons. The average Bonchev–Trinajstić information content (AvgIpc) is 2.46. The van der Waals surface area contributed by atoms with E-state index in [1.165, 1.54) is 0 Å². The Morgan fingerprint density at radius 1 is 1.10 bits per heavy atom. The molecule has 0 saturated carbocycles. The quantitative estimate of drug-likeness (QED) is 0.897. The van der Waals surface area contributed by atoms with E-state index in [4.69, 9.17) is 4.74 Å². The lowest BCUT2D eigenvalue weighted by Gasteiger charge is -2.20. The van der Waals surface area contributed by atoms with Crippen LogP contribution in [-0.4, -0.2) is 10.5 Å². The highest BCUT2D eigenvalue weighted by atomic mass is 16.5. The Hall–Kier alpha value is -1.87. The van der Waals surface area contributed by atoms with Gasteiger partial charge in [-0.3, -0.25) is 0 Å². The Morgan fingerprint density at radius 2 is 1.81 bits per heavy atom. The molecular weight excluding hydrogens is 260 g/mol. The summed E-state index contributed by atoms with van der Waals surface area (Å²) in [6.07, 6.45) is 1.86. The summed E-state index contributed by atoms with van der Waals surface area (Å²) >= 11 is 0. The molecule has 3 nitrogen and oxygen atoms in total. The summed E-state index contributed by atoms with van der Waals surface area (Å²) in [5.41, 5.74) is 2.42. The lowest BCUT2D eigenvalue weighted by atomic mass is 10.1. The maximum Gasteiger partial charge on any atom is 0.213 e. The van der Waals surface area contributed by atoms with Crippen molar-refractivity contribution < 1.29 is 4.74 Å². The van der Waals surface area contributed by atoms with Gasteiger partial charge >= 0.3 is 0 Å². The molecule has 0 saturated heterocycles. The third kappa shape index (κ3) is 5.20. The molecule has 0 aliphatic rings. The molecule has 21 heavy (non-hydrogen) atoms. The van der Waals surface area contributed by atoms with Gasteiger partial charge in [0, 0.05) is 24.3 Å². The Balaban J connectivity index is 1.93. The van der Waals surface area contributed by atoms with Crippen molar-refractivity contribution in [3.8, 4) is 5.88 Å². The number of hydrogen-bond acceptors (Lipinski definition) is 3. The Bertz CT molecular complexity index is 544. The van der Waals surface area contributed by atoms with Gasteiger partial charge < -0.3 is 10.1 Å². The van der Waals surface area contributed by atoms with Gasteiger partial charge in [-0.15, -0.1) is 0 Å². The van der Waals surface area contributed by atoms with Gasteiger partial charge in [-0.05, 0) is 38.8 Å². The number of ether oxygens (including phenoxy) is 1. The fourth-order valence-electron chi connectivity index (χ4n) is 1.93. The van der Waals surface area contributed by atoms with E-state index in [2.05, 4.69) is 49.3 Å². The van der Waals surface area contributed by atoms with E-state index in [1.54, 1.807) is 0 Å². The van der Waals surface area contributed by atoms with Crippen LogP contribution < -0.4 is 10.1 Å². The predicted octanol–water partition coefficient (Wildman–Crippen LogP) is 4.11. The van der Waals surface area contributed by atoms with Crippen molar-refractivity contribution in [2.75, 3.05) is 0 Å². The molecule has 1 unspecified atom stereocenters. The van der Waals surface area contributed by atoms with Crippen molar-refractivity contribution in [3.63, 3.8) is 0 Å². The minimum Gasteiger partial charge on any atom is -0.470 e. The first kappa shape index (κ1) is 15.5. The molecule has 0 aliphatic heterocycles. The zero-order valence-corrected chi connectivity index (χ0v) is 13.3. The van der Waals surface area contributed by atoms with Crippen LogP contribution in [0.1, 0.15) is 44.9 Å². The van der Waals surface area contributed by atoms with Crippen LogP contribution in [0.25, 0.3) is 0 Å². The van der Waals surface area contributed by atoms with E-state index in [9.17, 15) is 0 Å². The Morgan fingerprint density at radius 3 is 2.38 bits per heavy atom. The second-order valence-corrected chi connectivity index (χ2v) is 6.28. The number of nitrogens with zero attached hydrogens (tertiary/aromatic N) is 1. The predicted molar refractivity (Wildman–Crippen MR) is 86.3 cm³/mol. The summed E-state index contributed by atoms with van der Waals surface area (Å²) in [5.74, 6) is 0.658. The highest BCUT2D eigenvalue weighted by Crippen LogP contribution is 2.19. The summed E-state index contributed by atoms with van der Waals surface area (Å²) in [6, 6.07) is 14.1. The maximum atomic E-state index is 5.87. The zero-order valence-electron chi connectivity index (χ0n) is 13.3. The minimum absolute atomic E-state index is 0.00255. The number of aromatic nitrogens is 1. The highest BCUT2D eigenvalue weighted by Gasteiger charge is 2.10. The minimum atomic E-state index is -0.00255. The average molecular weight is 284 g/mol. The molecular formula is C18H24N2O. The zero-order chi connectivity index (χ0) is 15.3. The standard InChI is InChI=1S/C18H24N2O/c1-14(16-8-6-5-7-9-16)21-17-11-10-15(12-19-17)13-20-18(2,3)4/h5-12,14,20H,13H2,1-4H3. The van der Waals surface area contributed by atoms with Crippen molar-refractivity contribution in [2.24, 2.45) is 0 Å². The summed E-state index contributed by atoms with van der Waals surface area (Å²) in [6.45, 7) is 9.30. The molecule has 1 heterocycles. The molecule has 2 rings (SSSR count). The number of benzene rings is 1. The normalized spacial score (nSPS) is 13.0. The topological polar surface area (TPSA) is 34.1 Å². The van der Waals surface area contributed by atoms with E-state index < -0.39 is 0 Å². The van der Waals surface area contributed by atoms with Crippen molar-refractivity contribution in [1.29, 1.82) is 0 Å². The van der Waals surface area contributed by atoms with E-state index >= 15 is 0 Å². The van der Waals surface area contributed by atoms with Crippen molar-refractivity contribution in [3.05, 3.63) is 59.8 Å². The van der Waals surface area contributed by atoms with Gasteiger partial charge in [0.2, 0.25) is 5.88 Å². The van der Waals surface area contributed by atoms with Crippen molar-refractivity contribution >= 4 is 0 Å². The molecule has 0 aliphatic carbocycles. The first-order valence-corrected chi connectivity index (χ1v) is 7.35. The monoisotopic (exact) mass is 284 g/mol. The maximum absolute atomic E-state index is 5.87. The van der Waals surface area contributed by atoms with Crippen LogP contribution in [0.2, 0.25) is 0 Å². The third-order valence-electron chi connectivity index (χ3n) is 3.19. The summed E-state index contributed by atoms with van der Waals surface area (Å²) < 4.78 is 5.87. The number of nitrogens with one attached hydrogen (secondary N) is 1. The number of rotatable bonds is 5. The lowest BCUT2D eigenvalue weighted by Crippen LogP contribution is -2.35. The van der Waals surface area contributed by atoms with Crippen LogP contribution in [0.5, 0.6) is 5.88 Å². The van der Waals surface area contributed by atoms with E-state index in [1.807, 2.05) is 37.4 Å². The van der Waals surface area contributed by atoms with E-state index in [0.717, 1.165) is 17.7 Å². The van der Waals surface area contributed by atoms with Crippen LogP contribution in [0, 0.1) is 0 Å². The SMILES string of the molecule is CC(Oc1ccc(CNC(C)(C)C)cn1)c1ccccc1. The molecule has 0 amide bonds. The van der Waals surface area contributed by atoms with Crippen molar-refractivity contribution in [1.82, 2.24) is 10.3 Å².